The van der Waals surface area contributed by atoms with Crippen LogP contribution in [0.5, 0.6) is 0 Å². The average Bonchev–Trinajstić information content (AvgIpc) is 2.90. The summed E-state index contributed by atoms with van der Waals surface area (Å²) in [6.07, 6.45) is 1.64. The minimum Gasteiger partial charge on any atom is -0.445 e. The maximum Gasteiger partial charge on any atom is 0.416 e. The summed E-state index contributed by atoms with van der Waals surface area (Å²) in [6.45, 7) is 4.36. The molecule has 5 heteroatoms. The third kappa shape index (κ3) is 1.80. The van der Waals surface area contributed by atoms with Gasteiger partial charge in [0, 0.05) is 0 Å². The van der Waals surface area contributed by atoms with E-state index in [0.717, 1.165) is 17.7 Å². The van der Waals surface area contributed by atoms with E-state index in [-0.39, 0.29) is 17.2 Å². The fourth-order valence-corrected chi connectivity index (χ4v) is 3.51. The van der Waals surface area contributed by atoms with E-state index >= 15 is 0 Å². The summed E-state index contributed by atoms with van der Waals surface area (Å²) in [5.74, 6) is 0. The largest absolute Gasteiger partial charge is 0.445 e. The number of alkyl halides is 1. The van der Waals surface area contributed by atoms with Gasteiger partial charge in [0.25, 0.3) is 0 Å². The van der Waals surface area contributed by atoms with Crippen molar-refractivity contribution in [1.29, 1.82) is 0 Å². The van der Waals surface area contributed by atoms with Gasteiger partial charge < -0.3 is 9.47 Å². The van der Waals surface area contributed by atoms with Crippen LogP contribution < -0.4 is 4.90 Å². The molecular weight excluding hydrogens is 310 g/mol. The minimum absolute atomic E-state index is 0.194. The Morgan fingerprint density at radius 2 is 2.42 bits per heavy atom. The highest BCUT2D eigenvalue weighted by Gasteiger charge is 2.56. The molecule has 2 heterocycles. The molecule has 2 aliphatic rings. The van der Waals surface area contributed by atoms with Gasteiger partial charge in [-0.05, 0) is 18.1 Å². The summed E-state index contributed by atoms with van der Waals surface area (Å²) < 4.78 is 10.6. The lowest BCUT2D eigenvalue weighted by atomic mass is 9.98. The number of carbonyl (C=O) groups is 1. The van der Waals surface area contributed by atoms with E-state index in [9.17, 15) is 4.79 Å². The number of ether oxygens (including phenoxy) is 2. The summed E-state index contributed by atoms with van der Waals surface area (Å²) in [7, 11) is 0. The molecule has 0 aliphatic carbocycles. The van der Waals surface area contributed by atoms with Gasteiger partial charge >= 0.3 is 6.09 Å². The fourth-order valence-electron chi connectivity index (χ4n) is 2.68. The highest BCUT2D eigenvalue weighted by Crippen LogP contribution is 2.54. The van der Waals surface area contributed by atoms with Crippen molar-refractivity contribution < 1.29 is 14.3 Å². The molecule has 0 saturated carbocycles. The Balaban J connectivity index is 2.00. The van der Waals surface area contributed by atoms with Crippen LogP contribution in [0, 0.1) is 0 Å². The Kier molecular flexibility index (Phi) is 3.11. The molecule has 2 atom stereocenters. The summed E-state index contributed by atoms with van der Waals surface area (Å²) in [6, 6.07) is 7.81. The molecule has 1 amide bonds. The smallest absolute Gasteiger partial charge is 0.416 e. The second-order valence-electron chi connectivity index (χ2n) is 4.59. The number of halogens is 1. The molecule has 2 aliphatic heterocycles. The third-order valence-corrected chi connectivity index (χ3v) is 4.72. The van der Waals surface area contributed by atoms with Crippen LogP contribution in [0.25, 0.3) is 0 Å². The van der Waals surface area contributed by atoms with Crippen LogP contribution in [-0.2, 0) is 13.8 Å². The predicted octanol–water partition coefficient (Wildman–Crippen LogP) is 3.17. The Morgan fingerprint density at radius 3 is 3.21 bits per heavy atom. The SMILES string of the molecule is C=CCOC(=O)N1c2ccccc2[C@]2(Br)CCO[C@H]12. The van der Waals surface area contributed by atoms with E-state index in [0.29, 0.717) is 6.61 Å². The van der Waals surface area contributed by atoms with Gasteiger partial charge in [0.05, 0.1) is 12.3 Å². The molecular formula is C14H14BrNO3. The molecule has 19 heavy (non-hydrogen) atoms. The van der Waals surface area contributed by atoms with Crippen LogP contribution in [0.2, 0.25) is 0 Å². The van der Waals surface area contributed by atoms with Gasteiger partial charge in [-0.3, -0.25) is 0 Å². The summed E-state index contributed by atoms with van der Waals surface area (Å²) in [5.41, 5.74) is 1.92. The van der Waals surface area contributed by atoms with E-state index in [2.05, 4.69) is 22.5 Å². The molecule has 1 aromatic rings. The molecule has 0 radical (unpaired) electrons. The second-order valence-corrected chi connectivity index (χ2v) is 6.00. The number of carbonyl (C=O) groups excluding carboxylic acids is 1. The maximum atomic E-state index is 12.2. The first-order valence-electron chi connectivity index (χ1n) is 6.15. The average molecular weight is 324 g/mol. The topological polar surface area (TPSA) is 38.8 Å². The van der Waals surface area contributed by atoms with Gasteiger partial charge in [-0.25, -0.2) is 9.69 Å². The highest BCUT2D eigenvalue weighted by atomic mass is 79.9. The number of hydrogen-bond donors (Lipinski definition) is 0. The van der Waals surface area contributed by atoms with Crippen LogP contribution >= 0.6 is 15.9 Å². The molecule has 1 aromatic carbocycles. The van der Waals surface area contributed by atoms with Crippen molar-refractivity contribution in [2.45, 2.75) is 17.0 Å². The van der Waals surface area contributed by atoms with Crippen LogP contribution in [0.4, 0.5) is 10.5 Å². The number of benzene rings is 1. The molecule has 0 unspecified atom stereocenters. The van der Waals surface area contributed by atoms with Crippen molar-refractivity contribution >= 4 is 27.7 Å². The lowest BCUT2D eigenvalue weighted by molar-refractivity contribution is 0.0909. The van der Waals surface area contributed by atoms with Crippen LogP contribution in [-0.4, -0.2) is 25.5 Å². The summed E-state index contributed by atoms with van der Waals surface area (Å²) in [4.78, 5) is 13.8. The van der Waals surface area contributed by atoms with Crippen LogP contribution in [0.1, 0.15) is 12.0 Å². The van der Waals surface area contributed by atoms with E-state index in [1.54, 1.807) is 11.0 Å². The number of anilines is 1. The fraction of sp³-hybridized carbons (Fsp3) is 0.357. The van der Waals surface area contributed by atoms with Gasteiger partial charge in [-0.2, -0.15) is 0 Å². The molecule has 0 aromatic heterocycles. The molecule has 0 bridgehead atoms. The zero-order valence-corrected chi connectivity index (χ0v) is 11.9. The van der Waals surface area contributed by atoms with E-state index in [4.69, 9.17) is 9.47 Å². The second kappa shape index (κ2) is 4.65. The number of hydrogen-bond acceptors (Lipinski definition) is 3. The van der Waals surface area contributed by atoms with E-state index in [1.807, 2.05) is 24.3 Å². The van der Waals surface area contributed by atoms with Gasteiger partial charge in [0.1, 0.15) is 10.9 Å². The van der Waals surface area contributed by atoms with Crippen LogP contribution in [0.3, 0.4) is 0 Å². The standard InChI is InChI=1S/C14H14BrNO3/c1-2-8-19-13(17)16-11-6-4-3-5-10(11)14(15)7-9-18-12(14)16/h2-6,12H,1,7-9H2/t12-,14+/m0/s1. The van der Waals surface area contributed by atoms with Crippen molar-refractivity contribution in [3.05, 3.63) is 42.5 Å². The van der Waals surface area contributed by atoms with Crippen molar-refractivity contribution in [2.24, 2.45) is 0 Å². The monoisotopic (exact) mass is 323 g/mol. The molecule has 1 fully saturated rings. The first-order chi connectivity index (χ1) is 9.18. The molecule has 4 nitrogen and oxygen atoms in total. The number of fused-ring (bicyclic) bond motifs is 3. The molecule has 1 saturated heterocycles. The van der Waals surface area contributed by atoms with Gasteiger partial charge in [0.15, 0.2) is 6.23 Å². The number of para-hydroxylation sites is 1. The summed E-state index contributed by atoms with van der Waals surface area (Å²) >= 11 is 3.75. The minimum atomic E-state index is -0.402. The van der Waals surface area contributed by atoms with Gasteiger partial charge in [-0.15, -0.1) is 0 Å². The predicted molar refractivity (Wildman–Crippen MR) is 75.4 cm³/mol. The van der Waals surface area contributed by atoms with Crippen molar-refractivity contribution in [1.82, 2.24) is 0 Å². The van der Waals surface area contributed by atoms with Crippen molar-refractivity contribution in [2.75, 3.05) is 18.1 Å². The first-order valence-corrected chi connectivity index (χ1v) is 6.94. The zero-order valence-electron chi connectivity index (χ0n) is 10.3. The molecule has 3 rings (SSSR count). The Hall–Kier alpha value is -1.33. The molecule has 0 N–H and O–H groups in total. The lowest BCUT2D eigenvalue weighted by Gasteiger charge is -2.26. The third-order valence-electron chi connectivity index (χ3n) is 3.50. The number of rotatable bonds is 2. The Labute approximate surface area is 120 Å². The van der Waals surface area contributed by atoms with Crippen LogP contribution in [0.15, 0.2) is 36.9 Å². The van der Waals surface area contributed by atoms with Crippen molar-refractivity contribution in [3.8, 4) is 0 Å². The molecule has 0 spiro atoms. The molecule has 100 valence electrons. The Bertz CT molecular complexity index is 533. The zero-order chi connectivity index (χ0) is 13.5. The van der Waals surface area contributed by atoms with Gasteiger partial charge in [-0.1, -0.05) is 46.8 Å². The lowest BCUT2D eigenvalue weighted by Crippen LogP contribution is -2.43. The normalized spacial score (nSPS) is 27.8. The van der Waals surface area contributed by atoms with E-state index in [1.165, 1.54) is 0 Å². The van der Waals surface area contributed by atoms with E-state index < -0.39 is 6.09 Å². The van der Waals surface area contributed by atoms with Crippen molar-refractivity contribution in [3.63, 3.8) is 0 Å². The first kappa shape index (κ1) is 12.7. The quantitative estimate of drug-likeness (QED) is 0.620. The highest BCUT2D eigenvalue weighted by molar-refractivity contribution is 9.09. The maximum absolute atomic E-state index is 12.2. The number of amides is 1. The summed E-state index contributed by atoms with van der Waals surface area (Å²) in [5, 5.41) is 0. The van der Waals surface area contributed by atoms with Gasteiger partial charge in [0.2, 0.25) is 0 Å². The Morgan fingerprint density at radius 1 is 1.63 bits per heavy atom. The number of nitrogens with zero attached hydrogens (tertiary/aromatic N) is 1.